The molecule has 0 aromatic rings. The zero-order valence-electron chi connectivity index (χ0n) is 7.36. The molecule has 1 amide bonds. The van der Waals surface area contributed by atoms with Crippen LogP contribution >= 0.6 is 0 Å². The van der Waals surface area contributed by atoms with Crippen LogP contribution in [0.2, 0.25) is 0 Å². The highest BCUT2D eigenvalue weighted by Gasteiger charge is 2.05. The molecule has 0 aliphatic rings. The van der Waals surface area contributed by atoms with Crippen molar-refractivity contribution in [1.82, 2.24) is 4.90 Å². The summed E-state index contributed by atoms with van der Waals surface area (Å²) in [6, 6.07) is 0. The standard InChI is InChI=1S/C9H11NO3/c1-3-7-10(4-2)8(11)5-6-9(12)13/h1,5-6H,4,7H2,2H3,(H,12,13)/b6-5+. The van der Waals surface area contributed by atoms with E-state index < -0.39 is 5.97 Å². The second kappa shape index (κ2) is 5.84. The highest BCUT2D eigenvalue weighted by atomic mass is 16.4. The maximum atomic E-state index is 11.1. The molecule has 0 bridgehead atoms. The van der Waals surface area contributed by atoms with Gasteiger partial charge in [0.05, 0.1) is 6.54 Å². The van der Waals surface area contributed by atoms with Gasteiger partial charge >= 0.3 is 5.97 Å². The van der Waals surface area contributed by atoms with E-state index in [-0.39, 0.29) is 12.5 Å². The summed E-state index contributed by atoms with van der Waals surface area (Å²) in [6.45, 7) is 2.43. The molecule has 0 radical (unpaired) electrons. The zero-order valence-corrected chi connectivity index (χ0v) is 7.36. The number of terminal acetylenes is 1. The average molecular weight is 181 g/mol. The van der Waals surface area contributed by atoms with Gasteiger partial charge in [-0.05, 0) is 6.92 Å². The highest BCUT2D eigenvalue weighted by Crippen LogP contribution is 1.90. The molecule has 0 heterocycles. The van der Waals surface area contributed by atoms with Crippen molar-refractivity contribution in [3.05, 3.63) is 12.2 Å². The molecule has 0 unspecified atom stereocenters. The fourth-order valence-corrected chi connectivity index (χ4v) is 0.704. The molecule has 0 saturated heterocycles. The third-order valence-electron chi connectivity index (χ3n) is 1.34. The van der Waals surface area contributed by atoms with Crippen LogP contribution in [-0.4, -0.2) is 35.0 Å². The monoisotopic (exact) mass is 181 g/mol. The molecule has 1 N–H and O–H groups in total. The van der Waals surface area contributed by atoms with E-state index >= 15 is 0 Å². The predicted octanol–water partition coefficient (Wildman–Crippen LogP) is 0.109. The number of nitrogens with zero attached hydrogens (tertiary/aromatic N) is 1. The molecule has 0 saturated carbocycles. The molecule has 0 spiro atoms. The fourth-order valence-electron chi connectivity index (χ4n) is 0.704. The van der Waals surface area contributed by atoms with Crippen LogP contribution in [0.1, 0.15) is 6.92 Å². The minimum absolute atomic E-state index is 0.194. The smallest absolute Gasteiger partial charge is 0.328 e. The Morgan fingerprint density at radius 2 is 2.15 bits per heavy atom. The van der Waals surface area contributed by atoms with Crippen molar-refractivity contribution in [2.24, 2.45) is 0 Å². The molecule has 0 aliphatic heterocycles. The summed E-state index contributed by atoms with van der Waals surface area (Å²) in [4.78, 5) is 22.6. The lowest BCUT2D eigenvalue weighted by atomic mass is 10.4. The maximum absolute atomic E-state index is 11.1. The number of carboxylic acid groups (broad SMARTS) is 1. The van der Waals surface area contributed by atoms with Crippen LogP contribution in [0.5, 0.6) is 0 Å². The number of rotatable bonds is 4. The molecular formula is C9H11NO3. The second-order valence-electron chi connectivity index (χ2n) is 2.23. The van der Waals surface area contributed by atoms with Gasteiger partial charge in [-0.3, -0.25) is 4.79 Å². The molecule has 13 heavy (non-hydrogen) atoms. The Balaban J connectivity index is 4.23. The van der Waals surface area contributed by atoms with E-state index in [2.05, 4.69) is 5.92 Å². The van der Waals surface area contributed by atoms with E-state index in [0.29, 0.717) is 6.54 Å². The average Bonchev–Trinajstić information content (AvgIpc) is 2.10. The molecule has 4 nitrogen and oxygen atoms in total. The van der Waals surface area contributed by atoms with E-state index in [4.69, 9.17) is 11.5 Å². The first-order chi connectivity index (χ1) is 6.11. The van der Waals surface area contributed by atoms with Gasteiger partial charge in [0, 0.05) is 18.7 Å². The lowest BCUT2D eigenvalue weighted by molar-refractivity contribution is -0.132. The minimum atomic E-state index is -1.15. The van der Waals surface area contributed by atoms with Gasteiger partial charge in [0.15, 0.2) is 0 Å². The Hall–Kier alpha value is -1.76. The molecule has 0 aromatic carbocycles. The first-order valence-corrected chi connectivity index (χ1v) is 3.75. The third kappa shape index (κ3) is 4.64. The summed E-state index contributed by atoms with van der Waals surface area (Å²) in [5, 5.41) is 8.25. The lowest BCUT2D eigenvalue weighted by Crippen LogP contribution is -2.29. The van der Waals surface area contributed by atoms with Crippen LogP contribution in [-0.2, 0) is 9.59 Å². The number of likely N-dealkylation sites (N-methyl/N-ethyl adjacent to an activating group) is 1. The maximum Gasteiger partial charge on any atom is 0.328 e. The third-order valence-corrected chi connectivity index (χ3v) is 1.34. The predicted molar refractivity (Wildman–Crippen MR) is 47.9 cm³/mol. The van der Waals surface area contributed by atoms with Crippen LogP contribution in [0.25, 0.3) is 0 Å². The van der Waals surface area contributed by atoms with Crippen LogP contribution in [0.4, 0.5) is 0 Å². The van der Waals surface area contributed by atoms with Gasteiger partial charge in [0.25, 0.3) is 0 Å². The Morgan fingerprint density at radius 3 is 2.54 bits per heavy atom. The lowest BCUT2D eigenvalue weighted by Gasteiger charge is -2.14. The van der Waals surface area contributed by atoms with Crippen LogP contribution in [0.3, 0.4) is 0 Å². The molecule has 0 atom stereocenters. The second-order valence-corrected chi connectivity index (χ2v) is 2.23. The molecule has 0 aromatic heterocycles. The van der Waals surface area contributed by atoms with Gasteiger partial charge < -0.3 is 10.0 Å². The summed E-state index contributed by atoms with van der Waals surface area (Å²) < 4.78 is 0. The number of carboxylic acids is 1. The quantitative estimate of drug-likeness (QED) is 0.494. The Labute approximate surface area is 76.8 Å². The normalized spacial score (nSPS) is 9.54. The highest BCUT2D eigenvalue weighted by molar-refractivity contribution is 5.93. The first-order valence-electron chi connectivity index (χ1n) is 3.75. The van der Waals surface area contributed by atoms with Crippen molar-refractivity contribution in [3.63, 3.8) is 0 Å². The van der Waals surface area contributed by atoms with Gasteiger partial charge in [0.1, 0.15) is 0 Å². The number of carbonyl (C=O) groups excluding carboxylic acids is 1. The molecule has 0 rings (SSSR count). The molecule has 0 aliphatic carbocycles. The van der Waals surface area contributed by atoms with Crippen LogP contribution in [0.15, 0.2) is 12.2 Å². The van der Waals surface area contributed by atoms with E-state index in [0.717, 1.165) is 12.2 Å². The van der Waals surface area contributed by atoms with Crippen molar-refractivity contribution >= 4 is 11.9 Å². The number of hydrogen-bond donors (Lipinski definition) is 1. The number of amides is 1. The summed E-state index contributed by atoms with van der Waals surface area (Å²) in [5.74, 6) is 0.777. The van der Waals surface area contributed by atoms with E-state index in [9.17, 15) is 9.59 Å². The van der Waals surface area contributed by atoms with Crippen molar-refractivity contribution < 1.29 is 14.7 Å². The van der Waals surface area contributed by atoms with Gasteiger partial charge in [0.2, 0.25) is 5.91 Å². The van der Waals surface area contributed by atoms with Crippen LogP contribution in [0, 0.1) is 12.3 Å². The molecule has 0 fully saturated rings. The summed E-state index contributed by atoms with van der Waals surface area (Å²) >= 11 is 0. The summed E-state index contributed by atoms with van der Waals surface area (Å²) in [7, 11) is 0. The topological polar surface area (TPSA) is 57.6 Å². The van der Waals surface area contributed by atoms with Crippen molar-refractivity contribution in [2.75, 3.05) is 13.1 Å². The van der Waals surface area contributed by atoms with Crippen molar-refractivity contribution in [2.45, 2.75) is 6.92 Å². The molecule has 4 heteroatoms. The van der Waals surface area contributed by atoms with E-state index in [1.54, 1.807) is 6.92 Å². The van der Waals surface area contributed by atoms with E-state index in [1.165, 1.54) is 4.90 Å². The summed E-state index contributed by atoms with van der Waals surface area (Å²) in [5.41, 5.74) is 0. The van der Waals surface area contributed by atoms with Gasteiger partial charge in [-0.2, -0.15) is 0 Å². The molecular weight excluding hydrogens is 170 g/mol. The van der Waals surface area contributed by atoms with Gasteiger partial charge in [-0.1, -0.05) is 5.92 Å². The van der Waals surface area contributed by atoms with E-state index in [1.807, 2.05) is 0 Å². The fraction of sp³-hybridized carbons (Fsp3) is 0.333. The number of carbonyl (C=O) groups is 2. The van der Waals surface area contributed by atoms with Crippen molar-refractivity contribution in [1.29, 1.82) is 0 Å². The minimum Gasteiger partial charge on any atom is -0.478 e. The van der Waals surface area contributed by atoms with Gasteiger partial charge in [-0.25, -0.2) is 4.79 Å². The Morgan fingerprint density at radius 1 is 1.54 bits per heavy atom. The largest absolute Gasteiger partial charge is 0.478 e. The number of hydrogen-bond acceptors (Lipinski definition) is 2. The van der Waals surface area contributed by atoms with Gasteiger partial charge in [-0.15, -0.1) is 6.42 Å². The van der Waals surface area contributed by atoms with Crippen molar-refractivity contribution in [3.8, 4) is 12.3 Å². The summed E-state index contributed by atoms with van der Waals surface area (Å²) in [6.07, 6.45) is 6.80. The first kappa shape index (κ1) is 11.2. The number of aliphatic carboxylic acids is 1. The Kier molecular flexibility index (Phi) is 5.05. The Bertz CT molecular complexity index is 263. The molecule has 70 valence electrons. The zero-order chi connectivity index (χ0) is 10.3. The SMILES string of the molecule is C#CCN(CC)C(=O)/C=C/C(=O)O. The van der Waals surface area contributed by atoms with Crippen LogP contribution < -0.4 is 0 Å².